The number of nitrogens with zero attached hydrogens (tertiary/aromatic N) is 2. The van der Waals surface area contributed by atoms with Crippen LogP contribution < -0.4 is 16.0 Å². The number of nitrogens with one attached hydrogen (secondary N) is 1. The third-order valence-electron chi connectivity index (χ3n) is 5.03. The van der Waals surface area contributed by atoms with E-state index >= 15 is 0 Å². The number of carbonyl (C=O) groups excluding carboxylic acids is 1. The van der Waals surface area contributed by atoms with Crippen LogP contribution in [-0.4, -0.2) is 42.2 Å². The maximum absolute atomic E-state index is 12.4. The Hall–Kier alpha value is -1.08. The summed E-state index contributed by atoms with van der Waals surface area (Å²) in [7, 11) is 0. The molecule has 0 aromatic carbocycles. The van der Waals surface area contributed by atoms with Crippen LogP contribution in [0.3, 0.4) is 0 Å². The van der Waals surface area contributed by atoms with Crippen LogP contribution in [0.15, 0.2) is 18.3 Å². The molecule has 3 N–H and O–H groups in total. The second-order valence-electron chi connectivity index (χ2n) is 7.05. The monoisotopic (exact) mass is 404 g/mol. The Morgan fingerprint density at radius 2 is 2.08 bits per heavy atom. The van der Waals surface area contributed by atoms with E-state index in [4.69, 9.17) is 10.5 Å². The highest BCUT2D eigenvalue weighted by Gasteiger charge is 2.34. The highest BCUT2D eigenvalue weighted by molar-refractivity contribution is 5.86. The van der Waals surface area contributed by atoms with Gasteiger partial charge < -0.3 is 20.7 Å². The summed E-state index contributed by atoms with van der Waals surface area (Å²) < 4.78 is 5.56. The number of anilines is 1. The lowest BCUT2D eigenvalue weighted by Crippen LogP contribution is -2.54. The smallest absolute Gasteiger partial charge is 0.240 e. The first kappa shape index (κ1) is 23.0. The minimum atomic E-state index is -0.685. The average Bonchev–Trinajstić information content (AvgIpc) is 2.61. The number of amides is 1. The molecule has 1 aromatic heterocycles. The van der Waals surface area contributed by atoms with Crippen molar-refractivity contribution >= 4 is 36.5 Å². The van der Waals surface area contributed by atoms with E-state index in [0.29, 0.717) is 6.54 Å². The molecule has 2 aliphatic rings. The van der Waals surface area contributed by atoms with Gasteiger partial charge in [0.2, 0.25) is 5.91 Å². The molecule has 1 aromatic rings. The van der Waals surface area contributed by atoms with Crippen molar-refractivity contribution in [3.05, 3.63) is 23.9 Å². The van der Waals surface area contributed by atoms with Gasteiger partial charge in [0.05, 0.1) is 18.2 Å². The molecule has 0 radical (unpaired) electrons. The van der Waals surface area contributed by atoms with Crippen molar-refractivity contribution in [2.75, 3.05) is 24.6 Å². The summed E-state index contributed by atoms with van der Waals surface area (Å²) in [6, 6.07) is 4.03. The van der Waals surface area contributed by atoms with Crippen LogP contribution in [0.5, 0.6) is 0 Å². The van der Waals surface area contributed by atoms with Crippen molar-refractivity contribution in [1.82, 2.24) is 10.3 Å². The van der Waals surface area contributed by atoms with Gasteiger partial charge in [-0.15, -0.1) is 24.8 Å². The van der Waals surface area contributed by atoms with E-state index in [2.05, 4.69) is 22.1 Å². The highest BCUT2D eigenvalue weighted by atomic mass is 35.5. The summed E-state index contributed by atoms with van der Waals surface area (Å²) in [4.78, 5) is 19.1. The maximum atomic E-state index is 12.4. The molecule has 1 aliphatic heterocycles. The standard InChI is InChI=1S/C18H28N4O2.2ClH/c1-14-13-22(9-10-24-14)16-6-5-15(11-20-16)12-21-17(23)18(19)7-3-2-4-8-18;;/h5-6,11,14H,2-4,7-10,12-13,19H2,1H3,(H,21,23);2*1H. The van der Waals surface area contributed by atoms with E-state index in [0.717, 1.165) is 56.8 Å². The van der Waals surface area contributed by atoms with Crippen LogP contribution in [-0.2, 0) is 16.1 Å². The Balaban J connectivity index is 0.00000169. The molecule has 1 saturated carbocycles. The number of aromatic nitrogens is 1. The lowest BCUT2D eigenvalue weighted by Gasteiger charge is -2.32. The molecule has 1 amide bonds. The topological polar surface area (TPSA) is 80.5 Å². The van der Waals surface area contributed by atoms with Gasteiger partial charge in [-0.05, 0) is 31.4 Å². The van der Waals surface area contributed by atoms with E-state index in [1.807, 2.05) is 18.3 Å². The number of rotatable bonds is 4. The Labute approximate surface area is 168 Å². The second kappa shape index (κ2) is 10.3. The first-order valence-corrected chi connectivity index (χ1v) is 8.95. The third kappa shape index (κ3) is 5.71. The zero-order chi connectivity index (χ0) is 17.0. The molecule has 6 nitrogen and oxygen atoms in total. The summed E-state index contributed by atoms with van der Waals surface area (Å²) in [6.07, 6.45) is 6.89. The zero-order valence-electron chi connectivity index (χ0n) is 15.3. The second-order valence-corrected chi connectivity index (χ2v) is 7.05. The van der Waals surface area contributed by atoms with E-state index in [9.17, 15) is 4.79 Å². The van der Waals surface area contributed by atoms with Crippen LogP contribution in [0.4, 0.5) is 5.82 Å². The number of ether oxygens (including phenoxy) is 1. The predicted octanol–water partition coefficient (Wildman–Crippen LogP) is 2.43. The minimum absolute atomic E-state index is 0. The van der Waals surface area contributed by atoms with Gasteiger partial charge in [0.25, 0.3) is 0 Å². The van der Waals surface area contributed by atoms with Gasteiger partial charge in [0.15, 0.2) is 0 Å². The minimum Gasteiger partial charge on any atom is -0.375 e. The zero-order valence-corrected chi connectivity index (χ0v) is 16.9. The summed E-state index contributed by atoms with van der Waals surface area (Å²) in [5.74, 6) is 0.927. The van der Waals surface area contributed by atoms with Crippen molar-refractivity contribution < 1.29 is 9.53 Å². The van der Waals surface area contributed by atoms with Gasteiger partial charge in [0, 0.05) is 25.8 Å². The van der Waals surface area contributed by atoms with Gasteiger partial charge in [-0.3, -0.25) is 4.79 Å². The van der Waals surface area contributed by atoms with Crippen molar-refractivity contribution in [3.8, 4) is 0 Å². The Morgan fingerprint density at radius 1 is 1.35 bits per heavy atom. The number of nitrogens with two attached hydrogens (primary N) is 1. The van der Waals surface area contributed by atoms with E-state index in [1.54, 1.807) is 0 Å². The van der Waals surface area contributed by atoms with E-state index < -0.39 is 5.54 Å². The first-order chi connectivity index (χ1) is 11.6. The SMILES string of the molecule is CC1CN(c2ccc(CNC(=O)C3(N)CCCCC3)cn2)CCO1.Cl.Cl. The fraction of sp³-hybridized carbons (Fsp3) is 0.667. The summed E-state index contributed by atoms with van der Waals surface area (Å²) in [5.41, 5.74) is 6.56. The average molecular weight is 405 g/mol. The molecule has 26 heavy (non-hydrogen) atoms. The van der Waals surface area contributed by atoms with Crippen LogP contribution in [0, 0.1) is 0 Å². The van der Waals surface area contributed by atoms with Crippen LogP contribution in [0.25, 0.3) is 0 Å². The number of hydrogen-bond donors (Lipinski definition) is 2. The van der Waals surface area contributed by atoms with Crippen molar-refractivity contribution in [3.63, 3.8) is 0 Å². The third-order valence-corrected chi connectivity index (χ3v) is 5.03. The largest absolute Gasteiger partial charge is 0.375 e. The summed E-state index contributed by atoms with van der Waals surface area (Å²) in [5, 5.41) is 2.98. The highest BCUT2D eigenvalue weighted by Crippen LogP contribution is 2.26. The molecular weight excluding hydrogens is 375 g/mol. The van der Waals surface area contributed by atoms with E-state index in [-0.39, 0.29) is 36.8 Å². The lowest BCUT2D eigenvalue weighted by atomic mass is 9.82. The van der Waals surface area contributed by atoms with Gasteiger partial charge in [0.1, 0.15) is 5.82 Å². The number of hydrogen-bond acceptors (Lipinski definition) is 5. The van der Waals surface area contributed by atoms with Gasteiger partial charge >= 0.3 is 0 Å². The predicted molar refractivity (Wildman–Crippen MR) is 108 cm³/mol. The van der Waals surface area contributed by atoms with Gasteiger partial charge in [-0.25, -0.2) is 4.98 Å². The molecule has 148 valence electrons. The van der Waals surface area contributed by atoms with Crippen molar-refractivity contribution in [2.45, 2.75) is 57.2 Å². The Kier molecular flexibility index (Phi) is 9.10. The molecule has 2 fully saturated rings. The van der Waals surface area contributed by atoms with Crippen molar-refractivity contribution in [2.24, 2.45) is 5.73 Å². The van der Waals surface area contributed by atoms with Gasteiger partial charge in [-0.2, -0.15) is 0 Å². The molecule has 2 heterocycles. The molecule has 0 bridgehead atoms. The quantitative estimate of drug-likeness (QED) is 0.804. The number of carbonyl (C=O) groups is 1. The molecule has 1 saturated heterocycles. The molecule has 1 aliphatic carbocycles. The molecule has 0 spiro atoms. The first-order valence-electron chi connectivity index (χ1n) is 8.95. The number of morpholine rings is 1. The fourth-order valence-electron chi connectivity index (χ4n) is 3.50. The summed E-state index contributed by atoms with van der Waals surface area (Å²) in [6.45, 7) is 5.01. The van der Waals surface area contributed by atoms with Crippen LogP contribution in [0.1, 0.15) is 44.6 Å². The normalized spacial score (nSPS) is 21.9. The molecule has 1 unspecified atom stereocenters. The van der Waals surface area contributed by atoms with Crippen LogP contribution >= 0.6 is 24.8 Å². The lowest BCUT2D eigenvalue weighted by molar-refractivity contribution is -0.127. The number of halogens is 2. The van der Waals surface area contributed by atoms with Gasteiger partial charge in [-0.1, -0.05) is 25.3 Å². The molecular formula is C18H30Cl2N4O2. The molecule has 8 heteroatoms. The Bertz CT molecular complexity index is 565. The molecule has 1 atom stereocenters. The van der Waals surface area contributed by atoms with E-state index in [1.165, 1.54) is 6.42 Å². The fourth-order valence-corrected chi connectivity index (χ4v) is 3.50. The number of pyridine rings is 1. The summed E-state index contributed by atoms with van der Waals surface area (Å²) >= 11 is 0. The molecule has 3 rings (SSSR count). The maximum Gasteiger partial charge on any atom is 0.240 e. The van der Waals surface area contributed by atoms with Crippen LogP contribution in [0.2, 0.25) is 0 Å². The van der Waals surface area contributed by atoms with Crippen molar-refractivity contribution in [1.29, 1.82) is 0 Å². The Morgan fingerprint density at radius 3 is 2.69 bits per heavy atom.